The first kappa shape index (κ1) is 17.4. The van der Waals surface area contributed by atoms with Crippen LogP contribution in [0.5, 0.6) is 0 Å². The lowest BCUT2D eigenvalue weighted by atomic mass is 10.0. The number of fused-ring (bicyclic) bond motifs is 1. The number of H-pyrrole nitrogens is 1. The van der Waals surface area contributed by atoms with Crippen molar-refractivity contribution in [3.63, 3.8) is 0 Å². The Hall–Kier alpha value is -3.06. The Morgan fingerprint density at radius 2 is 1.93 bits per heavy atom. The number of ketones is 1. The minimum atomic E-state index is -1.29. The molecule has 2 atom stereocenters. The van der Waals surface area contributed by atoms with E-state index in [-0.39, 0.29) is 18.7 Å². The van der Waals surface area contributed by atoms with Crippen LogP contribution in [0.15, 0.2) is 54.7 Å². The second kappa shape index (κ2) is 6.92. The van der Waals surface area contributed by atoms with Crippen molar-refractivity contribution in [2.45, 2.75) is 18.6 Å². The van der Waals surface area contributed by atoms with E-state index in [9.17, 15) is 18.4 Å². The summed E-state index contributed by atoms with van der Waals surface area (Å²) >= 11 is 0. The van der Waals surface area contributed by atoms with Crippen molar-refractivity contribution in [1.82, 2.24) is 10.0 Å². The van der Waals surface area contributed by atoms with Gasteiger partial charge in [0.2, 0.25) is 0 Å². The van der Waals surface area contributed by atoms with Crippen LogP contribution in [0.3, 0.4) is 0 Å². The number of halogens is 2. The maximum absolute atomic E-state index is 14.0. The topological polar surface area (TPSA) is 62.4 Å². The molecule has 5 nitrogen and oxygen atoms in total. The molecule has 1 fully saturated rings. The van der Waals surface area contributed by atoms with Crippen molar-refractivity contribution in [2.24, 2.45) is 0 Å². The summed E-state index contributed by atoms with van der Waals surface area (Å²) < 4.78 is 27.3. The van der Waals surface area contributed by atoms with Gasteiger partial charge in [-0.05, 0) is 30.3 Å². The number of hydroxylamine groups is 2. The number of benzene rings is 2. The number of aromatic nitrogens is 1. The number of alkyl halides is 1. The van der Waals surface area contributed by atoms with Crippen molar-refractivity contribution < 1.29 is 23.2 Å². The molecule has 0 amide bonds. The molecule has 0 radical (unpaired) electrons. The number of nitrogens with zero attached hydrogens (tertiary/aromatic N) is 1. The van der Waals surface area contributed by atoms with Crippen LogP contribution in [0.2, 0.25) is 0 Å². The monoisotopic (exact) mass is 370 g/mol. The Kier molecular flexibility index (Phi) is 4.45. The SMILES string of the molecule is O=C(ON1C[C@@H](F)C[C@H]1C(=O)c1c[nH]c2cc(F)ccc12)c1ccccc1. The van der Waals surface area contributed by atoms with Gasteiger partial charge in [0, 0.05) is 29.1 Å². The van der Waals surface area contributed by atoms with Gasteiger partial charge in [-0.3, -0.25) is 4.79 Å². The van der Waals surface area contributed by atoms with Crippen LogP contribution >= 0.6 is 0 Å². The number of carbonyl (C=O) groups is 2. The summed E-state index contributed by atoms with van der Waals surface area (Å²) in [5, 5.41) is 1.64. The van der Waals surface area contributed by atoms with Gasteiger partial charge in [-0.2, -0.15) is 0 Å². The van der Waals surface area contributed by atoms with Crippen molar-refractivity contribution in [3.05, 3.63) is 71.7 Å². The van der Waals surface area contributed by atoms with Gasteiger partial charge in [-0.25, -0.2) is 13.6 Å². The van der Waals surface area contributed by atoms with E-state index in [0.29, 0.717) is 22.0 Å². The van der Waals surface area contributed by atoms with E-state index >= 15 is 0 Å². The van der Waals surface area contributed by atoms with Gasteiger partial charge in [0.25, 0.3) is 0 Å². The van der Waals surface area contributed by atoms with E-state index < -0.39 is 24.0 Å². The molecular weight excluding hydrogens is 354 g/mol. The molecule has 138 valence electrons. The van der Waals surface area contributed by atoms with Gasteiger partial charge in [0.15, 0.2) is 5.78 Å². The normalized spacial score (nSPS) is 20.1. The Labute approximate surface area is 153 Å². The molecule has 2 aromatic carbocycles. The van der Waals surface area contributed by atoms with Crippen molar-refractivity contribution in [1.29, 1.82) is 0 Å². The van der Waals surface area contributed by atoms with E-state index in [1.165, 1.54) is 24.4 Å². The van der Waals surface area contributed by atoms with Gasteiger partial charge >= 0.3 is 5.97 Å². The number of Topliss-reactive ketones (excluding diaryl/α,β-unsaturated/α-hetero) is 1. The Morgan fingerprint density at radius 1 is 1.15 bits per heavy atom. The van der Waals surface area contributed by atoms with Crippen molar-refractivity contribution >= 4 is 22.7 Å². The smallest absolute Gasteiger partial charge is 0.357 e. The molecule has 0 bridgehead atoms. The fourth-order valence-corrected chi connectivity index (χ4v) is 3.31. The van der Waals surface area contributed by atoms with Crippen LogP contribution in [-0.2, 0) is 4.84 Å². The second-order valence-electron chi connectivity index (χ2n) is 6.45. The van der Waals surface area contributed by atoms with E-state index in [1.807, 2.05) is 0 Å². The molecular formula is C20H16F2N2O3. The van der Waals surface area contributed by atoms with Gasteiger partial charge in [0.1, 0.15) is 18.0 Å². The highest BCUT2D eigenvalue weighted by molar-refractivity contribution is 6.10. The number of carbonyl (C=O) groups excluding carboxylic acids is 2. The number of hydrogen-bond donors (Lipinski definition) is 1. The van der Waals surface area contributed by atoms with E-state index in [0.717, 1.165) is 5.06 Å². The molecule has 0 spiro atoms. The van der Waals surface area contributed by atoms with E-state index in [4.69, 9.17) is 4.84 Å². The van der Waals surface area contributed by atoms with Crippen LogP contribution in [-0.4, -0.2) is 40.6 Å². The number of aromatic amines is 1. The average Bonchev–Trinajstić information content (AvgIpc) is 3.24. The maximum Gasteiger partial charge on any atom is 0.357 e. The van der Waals surface area contributed by atoms with Crippen LogP contribution in [0.1, 0.15) is 27.1 Å². The highest BCUT2D eigenvalue weighted by atomic mass is 19.1. The lowest BCUT2D eigenvalue weighted by molar-refractivity contribution is -0.112. The molecule has 1 aliphatic heterocycles. The third kappa shape index (κ3) is 3.33. The zero-order chi connectivity index (χ0) is 19.0. The van der Waals surface area contributed by atoms with E-state index in [1.54, 1.807) is 30.3 Å². The maximum atomic E-state index is 14.0. The van der Waals surface area contributed by atoms with Crippen LogP contribution in [0, 0.1) is 5.82 Å². The third-order valence-corrected chi connectivity index (χ3v) is 4.63. The Balaban J connectivity index is 1.58. The fraction of sp³-hybridized carbons (Fsp3) is 0.200. The van der Waals surface area contributed by atoms with Crippen LogP contribution < -0.4 is 0 Å². The zero-order valence-corrected chi connectivity index (χ0v) is 14.2. The summed E-state index contributed by atoms with van der Waals surface area (Å²) in [5.74, 6) is -1.45. The lowest BCUT2D eigenvalue weighted by Gasteiger charge is -2.21. The average molecular weight is 370 g/mol. The number of nitrogens with one attached hydrogen (secondary N) is 1. The molecule has 1 aliphatic rings. The van der Waals surface area contributed by atoms with Crippen LogP contribution in [0.25, 0.3) is 10.9 Å². The number of hydrogen-bond acceptors (Lipinski definition) is 4. The molecule has 4 rings (SSSR count). The predicted molar refractivity (Wildman–Crippen MR) is 94.5 cm³/mol. The summed E-state index contributed by atoms with van der Waals surface area (Å²) in [6.45, 7) is -0.175. The van der Waals surface area contributed by atoms with Gasteiger partial charge in [-0.1, -0.05) is 18.2 Å². The first-order valence-electron chi connectivity index (χ1n) is 8.52. The molecule has 0 saturated carbocycles. The number of rotatable bonds is 4. The standard InChI is InChI=1S/C20H16F2N2O3/c21-13-6-7-15-16(10-23-17(15)8-13)19(25)18-9-14(22)11-24(18)27-20(26)12-4-2-1-3-5-12/h1-8,10,14,18,23H,9,11H2/t14-,18-/m0/s1. The highest BCUT2D eigenvalue weighted by Crippen LogP contribution is 2.28. The van der Waals surface area contributed by atoms with Gasteiger partial charge in [-0.15, -0.1) is 5.06 Å². The first-order chi connectivity index (χ1) is 13.0. The minimum Gasteiger partial charge on any atom is -0.363 e. The van der Waals surface area contributed by atoms with Crippen molar-refractivity contribution in [2.75, 3.05) is 6.54 Å². The Bertz CT molecular complexity index is 1000. The Morgan fingerprint density at radius 3 is 2.70 bits per heavy atom. The summed E-state index contributed by atoms with van der Waals surface area (Å²) in [5.41, 5.74) is 1.10. The highest BCUT2D eigenvalue weighted by Gasteiger charge is 2.40. The van der Waals surface area contributed by atoms with Gasteiger partial charge in [0.05, 0.1) is 12.1 Å². The fourth-order valence-electron chi connectivity index (χ4n) is 3.31. The summed E-state index contributed by atoms with van der Waals surface area (Å²) in [6.07, 6.45) is 0.106. The molecule has 0 unspecified atom stereocenters. The first-order valence-corrected chi connectivity index (χ1v) is 8.52. The van der Waals surface area contributed by atoms with Crippen molar-refractivity contribution in [3.8, 4) is 0 Å². The molecule has 7 heteroatoms. The lowest BCUT2D eigenvalue weighted by Crippen LogP contribution is -2.37. The second-order valence-corrected chi connectivity index (χ2v) is 6.45. The molecule has 1 N–H and O–H groups in total. The minimum absolute atomic E-state index is 0.0746. The van der Waals surface area contributed by atoms with E-state index in [2.05, 4.69) is 4.98 Å². The van der Waals surface area contributed by atoms with Gasteiger partial charge < -0.3 is 9.82 Å². The molecule has 27 heavy (non-hydrogen) atoms. The summed E-state index contributed by atoms with van der Waals surface area (Å²) in [4.78, 5) is 33.4. The molecule has 3 aromatic rings. The quantitative estimate of drug-likeness (QED) is 0.712. The predicted octanol–water partition coefficient (Wildman–Crippen LogP) is 3.67. The molecule has 1 saturated heterocycles. The largest absolute Gasteiger partial charge is 0.363 e. The molecule has 2 heterocycles. The van der Waals surface area contributed by atoms with Crippen LogP contribution in [0.4, 0.5) is 8.78 Å². The molecule has 1 aromatic heterocycles. The third-order valence-electron chi connectivity index (χ3n) is 4.63. The molecule has 0 aliphatic carbocycles. The summed E-state index contributed by atoms with van der Waals surface area (Å²) in [6, 6.07) is 11.4. The summed E-state index contributed by atoms with van der Waals surface area (Å²) in [7, 11) is 0. The zero-order valence-electron chi connectivity index (χ0n) is 14.2.